The average Bonchev–Trinajstić information content (AvgIpc) is 2.31. The van der Waals surface area contributed by atoms with Gasteiger partial charge in [0.2, 0.25) is 11.8 Å². The van der Waals surface area contributed by atoms with E-state index in [1.165, 1.54) is 6.92 Å². The number of nitrogens with two attached hydrogens (primary N) is 1. The lowest BCUT2D eigenvalue weighted by molar-refractivity contribution is -0.117. The molecule has 1 aromatic rings. The van der Waals surface area contributed by atoms with Crippen molar-refractivity contribution in [2.75, 3.05) is 10.6 Å². The van der Waals surface area contributed by atoms with Crippen LogP contribution in [0.15, 0.2) is 18.2 Å². The smallest absolute Gasteiger partial charge is 0.241 e. The summed E-state index contributed by atoms with van der Waals surface area (Å²) in [6.45, 7) is 5.18. The molecular formula is C13H19N3O2. The lowest BCUT2D eigenvalue weighted by Gasteiger charge is -2.12. The molecule has 1 unspecified atom stereocenters. The molecule has 5 nitrogen and oxygen atoms in total. The monoisotopic (exact) mass is 249 g/mol. The molecule has 0 radical (unpaired) electrons. The van der Waals surface area contributed by atoms with Gasteiger partial charge in [-0.3, -0.25) is 9.59 Å². The second-order valence-electron chi connectivity index (χ2n) is 4.21. The molecule has 0 spiro atoms. The maximum absolute atomic E-state index is 11.6. The Bertz CT molecular complexity index is 458. The molecule has 1 atom stereocenters. The van der Waals surface area contributed by atoms with Crippen molar-refractivity contribution in [1.29, 1.82) is 0 Å². The Morgan fingerprint density at radius 1 is 1.33 bits per heavy atom. The quantitative estimate of drug-likeness (QED) is 0.758. The maximum atomic E-state index is 11.6. The second-order valence-corrected chi connectivity index (χ2v) is 4.21. The van der Waals surface area contributed by atoms with Gasteiger partial charge in [0.05, 0.1) is 6.04 Å². The highest BCUT2D eigenvalue weighted by Crippen LogP contribution is 2.20. The van der Waals surface area contributed by atoms with Crippen molar-refractivity contribution in [3.8, 4) is 0 Å². The highest BCUT2D eigenvalue weighted by Gasteiger charge is 2.11. The molecule has 0 aliphatic carbocycles. The first-order chi connectivity index (χ1) is 8.43. The van der Waals surface area contributed by atoms with Crippen LogP contribution in [0.25, 0.3) is 0 Å². The summed E-state index contributed by atoms with van der Waals surface area (Å²) in [5.41, 5.74) is 7.87. The summed E-state index contributed by atoms with van der Waals surface area (Å²) in [6, 6.07) is 4.81. The van der Waals surface area contributed by atoms with Crippen LogP contribution >= 0.6 is 0 Å². The number of carbonyl (C=O) groups is 2. The third-order valence-corrected chi connectivity index (χ3v) is 2.59. The fourth-order valence-electron chi connectivity index (χ4n) is 1.44. The van der Waals surface area contributed by atoms with Gasteiger partial charge in [-0.15, -0.1) is 0 Å². The van der Waals surface area contributed by atoms with Gasteiger partial charge in [0, 0.05) is 18.3 Å². The number of benzene rings is 1. The van der Waals surface area contributed by atoms with Crippen LogP contribution in [0.3, 0.4) is 0 Å². The molecular weight excluding hydrogens is 230 g/mol. The Morgan fingerprint density at radius 2 is 2.00 bits per heavy atom. The molecule has 0 heterocycles. The van der Waals surface area contributed by atoms with Crippen LogP contribution in [0.1, 0.15) is 25.8 Å². The number of hydrogen-bond acceptors (Lipinski definition) is 3. The van der Waals surface area contributed by atoms with Crippen molar-refractivity contribution in [2.45, 2.75) is 33.2 Å². The van der Waals surface area contributed by atoms with E-state index in [1.807, 2.05) is 19.9 Å². The number of amides is 2. The summed E-state index contributed by atoms with van der Waals surface area (Å²) >= 11 is 0. The zero-order chi connectivity index (χ0) is 13.7. The van der Waals surface area contributed by atoms with E-state index in [2.05, 4.69) is 10.6 Å². The minimum absolute atomic E-state index is 0.146. The first kappa shape index (κ1) is 14.2. The SMILES string of the molecule is CCC(N)C(=O)Nc1ccc(C)c(NC(C)=O)c1. The minimum Gasteiger partial charge on any atom is -0.326 e. The van der Waals surface area contributed by atoms with E-state index in [0.29, 0.717) is 17.8 Å². The van der Waals surface area contributed by atoms with Crippen LogP contribution in [0.2, 0.25) is 0 Å². The second kappa shape index (κ2) is 6.16. The molecule has 5 heteroatoms. The highest BCUT2D eigenvalue weighted by atomic mass is 16.2. The van der Waals surface area contributed by atoms with E-state index in [9.17, 15) is 9.59 Å². The summed E-state index contributed by atoms with van der Waals surface area (Å²) in [4.78, 5) is 22.7. The van der Waals surface area contributed by atoms with E-state index < -0.39 is 6.04 Å². The summed E-state index contributed by atoms with van der Waals surface area (Å²) < 4.78 is 0. The zero-order valence-electron chi connectivity index (χ0n) is 10.9. The first-order valence-electron chi connectivity index (χ1n) is 5.88. The molecule has 0 fully saturated rings. The van der Waals surface area contributed by atoms with Gasteiger partial charge in [-0.25, -0.2) is 0 Å². The van der Waals surface area contributed by atoms with Crippen LogP contribution in [0, 0.1) is 6.92 Å². The van der Waals surface area contributed by atoms with Crippen molar-refractivity contribution in [2.24, 2.45) is 5.73 Å². The predicted octanol–water partition coefficient (Wildman–Crippen LogP) is 1.63. The number of carbonyl (C=O) groups excluding carboxylic acids is 2. The van der Waals surface area contributed by atoms with E-state index in [0.717, 1.165) is 5.56 Å². The summed E-state index contributed by atoms with van der Waals surface area (Å²) in [6.07, 6.45) is 0.580. The van der Waals surface area contributed by atoms with Crippen molar-refractivity contribution >= 4 is 23.2 Å². The Kier molecular flexibility index (Phi) is 4.85. The molecule has 18 heavy (non-hydrogen) atoms. The lowest BCUT2D eigenvalue weighted by Crippen LogP contribution is -2.34. The van der Waals surface area contributed by atoms with E-state index in [-0.39, 0.29) is 11.8 Å². The standard InChI is InChI=1S/C13H19N3O2/c1-4-11(14)13(18)16-10-6-5-8(2)12(7-10)15-9(3)17/h5-7,11H,4,14H2,1-3H3,(H,15,17)(H,16,18). The van der Waals surface area contributed by atoms with Gasteiger partial charge in [-0.05, 0) is 31.0 Å². The number of nitrogens with one attached hydrogen (secondary N) is 2. The highest BCUT2D eigenvalue weighted by molar-refractivity contribution is 5.96. The Hall–Kier alpha value is -1.88. The predicted molar refractivity (Wildman–Crippen MR) is 72.4 cm³/mol. The van der Waals surface area contributed by atoms with Crippen LogP contribution in [0.4, 0.5) is 11.4 Å². The molecule has 2 amide bonds. The lowest BCUT2D eigenvalue weighted by atomic mass is 10.1. The van der Waals surface area contributed by atoms with Gasteiger partial charge >= 0.3 is 0 Å². The van der Waals surface area contributed by atoms with Gasteiger partial charge < -0.3 is 16.4 Å². The average molecular weight is 249 g/mol. The third-order valence-electron chi connectivity index (χ3n) is 2.59. The molecule has 1 aromatic carbocycles. The maximum Gasteiger partial charge on any atom is 0.241 e. The van der Waals surface area contributed by atoms with Gasteiger partial charge in [0.25, 0.3) is 0 Å². The van der Waals surface area contributed by atoms with Crippen LogP contribution in [0.5, 0.6) is 0 Å². The first-order valence-corrected chi connectivity index (χ1v) is 5.88. The molecule has 0 aromatic heterocycles. The number of aryl methyl sites for hydroxylation is 1. The van der Waals surface area contributed by atoms with E-state index in [4.69, 9.17) is 5.73 Å². The normalized spacial score (nSPS) is 11.8. The van der Waals surface area contributed by atoms with Crippen LogP contribution in [-0.2, 0) is 9.59 Å². The van der Waals surface area contributed by atoms with Crippen molar-refractivity contribution in [1.82, 2.24) is 0 Å². The van der Waals surface area contributed by atoms with Gasteiger partial charge in [0.15, 0.2) is 0 Å². The Morgan fingerprint density at radius 3 is 2.56 bits per heavy atom. The van der Waals surface area contributed by atoms with Crippen LogP contribution in [-0.4, -0.2) is 17.9 Å². The minimum atomic E-state index is -0.518. The summed E-state index contributed by atoms with van der Waals surface area (Å²) in [5, 5.41) is 5.43. The molecule has 0 saturated carbocycles. The summed E-state index contributed by atoms with van der Waals surface area (Å²) in [7, 11) is 0. The van der Waals surface area contributed by atoms with Crippen molar-refractivity contribution < 1.29 is 9.59 Å². The van der Waals surface area contributed by atoms with E-state index in [1.54, 1.807) is 12.1 Å². The van der Waals surface area contributed by atoms with Gasteiger partial charge in [-0.1, -0.05) is 13.0 Å². The molecule has 0 bridgehead atoms. The third kappa shape index (κ3) is 3.85. The summed E-state index contributed by atoms with van der Waals surface area (Å²) in [5.74, 6) is -0.373. The topological polar surface area (TPSA) is 84.2 Å². The fourth-order valence-corrected chi connectivity index (χ4v) is 1.44. The van der Waals surface area contributed by atoms with Crippen LogP contribution < -0.4 is 16.4 Å². The number of hydrogen-bond donors (Lipinski definition) is 3. The Balaban J connectivity index is 2.85. The van der Waals surface area contributed by atoms with Crippen molar-refractivity contribution in [3.05, 3.63) is 23.8 Å². The number of rotatable bonds is 4. The number of anilines is 2. The molecule has 0 aliphatic rings. The molecule has 4 N–H and O–H groups in total. The molecule has 98 valence electrons. The largest absolute Gasteiger partial charge is 0.326 e. The van der Waals surface area contributed by atoms with E-state index >= 15 is 0 Å². The molecule has 0 aliphatic heterocycles. The van der Waals surface area contributed by atoms with Crippen molar-refractivity contribution in [3.63, 3.8) is 0 Å². The van der Waals surface area contributed by atoms with Gasteiger partial charge in [0.1, 0.15) is 0 Å². The Labute approximate surface area is 107 Å². The fraction of sp³-hybridized carbons (Fsp3) is 0.385. The molecule has 1 rings (SSSR count). The van der Waals surface area contributed by atoms with Gasteiger partial charge in [-0.2, -0.15) is 0 Å². The molecule has 0 saturated heterocycles. The zero-order valence-corrected chi connectivity index (χ0v) is 10.9.